The van der Waals surface area contributed by atoms with Crippen molar-refractivity contribution in [3.8, 4) is 0 Å². The van der Waals surface area contributed by atoms with E-state index in [2.05, 4.69) is 15.5 Å². The number of amides is 2. The summed E-state index contributed by atoms with van der Waals surface area (Å²) in [4.78, 5) is 26.1. The van der Waals surface area contributed by atoms with Gasteiger partial charge in [-0.1, -0.05) is 12.1 Å². The number of ether oxygens (including phenoxy) is 2. The molecule has 1 aliphatic heterocycles. The molecule has 0 unspecified atom stereocenters. The van der Waals surface area contributed by atoms with E-state index in [9.17, 15) is 9.59 Å². The summed E-state index contributed by atoms with van der Waals surface area (Å²) < 4.78 is 10.5. The molecule has 1 aromatic carbocycles. The van der Waals surface area contributed by atoms with Crippen LogP contribution in [0.5, 0.6) is 0 Å². The normalized spacial score (nSPS) is 14.3. The third-order valence-corrected chi connectivity index (χ3v) is 3.67. The van der Waals surface area contributed by atoms with Gasteiger partial charge in [-0.2, -0.15) is 0 Å². The Balaban J connectivity index is 1.88. The number of carbonyl (C=O) groups excluding carboxylic acids is 2. The van der Waals surface area contributed by atoms with E-state index in [0.29, 0.717) is 45.1 Å². The molecule has 7 nitrogen and oxygen atoms in total. The lowest BCUT2D eigenvalue weighted by molar-refractivity contribution is -0.136. The zero-order chi connectivity index (χ0) is 17.2. The molecule has 1 fully saturated rings. The van der Waals surface area contributed by atoms with E-state index >= 15 is 0 Å². The molecule has 7 heteroatoms. The first-order valence-corrected chi connectivity index (χ1v) is 8.31. The number of nitrogens with one attached hydrogen (secondary N) is 2. The van der Waals surface area contributed by atoms with Crippen LogP contribution in [-0.2, 0) is 19.1 Å². The van der Waals surface area contributed by atoms with Crippen molar-refractivity contribution in [2.45, 2.75) is 13.3 Å². The highest BCUT2D eigenvalue weighted by Crippen LogP contribution is 2.26. The molecule has 0 saturated carbocycles. The molecule has 0 atom stereocenters. The molecular weight excluding hydrogens is 310 g/mol. The van der Waals surface area contributed by atoms with Crippen LogP contribution in [0, 0.1) is 0 Å². The number of carbonyl (C=O) groups is 2. The number of nitrogens with zero attached hydrogens (tertiary/aromatic N) is 1. The molecule has 2 rings (SSSR count). The maximum absolute atomic E-state index is 12.1. The number of rotatable bonds is 7. The number of anilines is 2. The van der Waals surface area contributed by atoms with Crippen LogP contribution in [-0.4, -0.2) is 57.9 Å². The van der Waals surface area contributed by atoms with Crippen molar-refractivity contribution in [3.63, 3.8) is 0 Å². The van der Waals surface area contributed by atoms with E-state index < -0.39 is 11.8 Å². The van der Waals surface area contributed by atoms with Crippen LogP contribution >= 0.6 is 0 Å². The second kappa shape index (κ2) is 9.89. The maximum atomic E-state index is 12.1. The number of hydrogen-bond acceptors (Lipinski definition) is 5. The van der Waals surface area contributed by atoms with Crippen molar-refractivity contribution >= 4 is 23.2 Å². The number of hydrogen-bond donors (Lipinski definition) is 2. The Morgan fingerprint density at radius 3 is 2.71 bits per heavy atom. The highest BCUT2D eigenvalue weighted by atomic mass is 16.5. The second-order valence-electron chi connectivity index (χ2n) is 5.38. The van der Waals surface area contributed by atoms with Crippen molar-refractivity contribution in [1.29, 1.82) is 0 Å². The Hall–Kier alpha value is -2.12. The second-order valence-corrected chi connectivity index (χ2v) is 5.38. The number of morpholine rings is 1. The van der Waals surface area contributed by atoms with Gasteiger partial charge in [0.1, 0.15) is 0 Å². The average molecular weight is 335 g/mol. The lowest BCUT2D eigenvalue weighted by Gasteiger charge is -2.30. The minimum Gasteiger partial charge on any atom is -0.382 e. The summed E-state index contributed by atoms with van der Waals surface area (Å²) in [6.45, 7) is 6.37. The van der Waals surface area contributed by atoms with Gasteiger partial charge in [0.2, 0.25) is 0 Å². The van der Waals surface area contributed by atoms with Crippen molar-refractivity contribution in [3.05, 3.63) is 24.3 Å². The molecule has 0 spiro atoms. The van der Waals surface area contributed by atoms with Crippen LogP contribution in [0.25, 0.3) is 0 Å². The van der Waals surface area contributed by atoms with Gasteiger partial charge >= 0.3 is 11.8 Å². The molecule has 1 heterocycles. The minimum atomic E-state index is -0.660. The Morgan fingerprint density at radius 2 is 1.96 bits per heavy atom. The zero-order valence-electron chi connectivity index (χ0n) is 14.0. The van der Waals surface area contributed by atoms with E-state index in [1.165, 1.54) is 0 Å². The quantitative estimate of drug-likeness (QED) is 0.574. The van der Waals surface area contributed by atoms with Gasteiger partial charge in [0.25, 0.3) is 0 Å². The third-order valence-electron chi connectivity index (χ3n) is 3.67. The van der Waals surface area contributed by atoms with Crippen LogP contribution in [0.4, 0.5) is 11.4 Å². The summed E-state index contributed by atoms with van der Waals surface area (Å²) in [7, 11) is 0. The van der Waals surface area contributed by atoms with E-state index in [4.69, 9.17) is 9.47 Å². The molecule has 1 saturated heterocycles. The van der Waals surface area contributed by atoms with Gasteiger partial charge in [-0.05, 0) is 25.5 Å². The molecule has 24 heavy (non-hydrogen) atoms. The SMILES string of the molecule is CCOCCCNC(=O)C(=O)Nc1ccccc1N1CCOCC1. The molecule has 2 N–H and O–H groups in total. The van der Waals surface area contributed by atoms with E-state index in [-0.39, 0.29) is 0 Å². The topological polar surface area (TPSA) is 79.9 Å². The lowest BCUT2D eigenvalue weighted by atomic mass is 10.2. The van der Waals surface area contributed by atoms with Crippen LogP contribution in [0.3, 0.4) is 0 Å². The van der Waals surface area contributed by atoms with Crippen molar-refractivity contribution in [2.24, 2.45) is 0 Å². The largest absolute Gasteiger partial charge is 0.382 e. The maximum Gasteiger partial charge on any atom is 0.313 e. The van der Waals surface area contributed by atoms with Crippen LogP contribution in [0.1, 0.15) is 13.3 Å². The van der Waals surface area contributed by atoms with Gasteiger partial charge in [0.05, 0.1) is 24.6 Å². The smallest absolute Gasteiger partial charge is 0.313 e. The van der Waals surface area contributed by atoms with E-state index in [0.717, 1.165) is 18.8 Å². The standard InChI is InChI=1S/C17H25N3O4/c1-2-23-11-5-8-18-16(21)17(22)19-14-6-3-4-7-15(14)20-9-12-24-13-10-20/h3-4,6-7H,2,5,8-13H2,1H3,(H,18,21)(H,19,22). The Morgan fingerprint density at radius 1 is 1.21 bits per heavy atom. The first-order valence-electron chi connectivity index (χ1n) is 8.31. The summed E-state index contributed by atoms with van der Waals surface area (Å²) in [5.41, 5.74) is 1.53. The lowest BCUT2D eigenvalue weighted by Crippen LogP contribution is -2.38. The summed E-state index contributed by atoms with van der Waals surface area (Å²) in [6.07, 6.45) is 0.678. The number of para-hydroxylation sites is 2. The fraction of sp³-hybridized carbons (Fsp3) is 0.529. The Kier molecular flexibility index (Phi) is 7.51. The van der Waals surface area contributed by atoms with E-state index in [1.54, 1.807) is 6.07 Å². The molecule has 2 amide bonds. The first kappa shape index (κ1) is 18.2. The average Bonchev–Trinajstić information content (AvgIpc) is 2.62. The van der Waals surface area contributed by atoms with Crippen LogP contribution < -0.4 is 15.5 Å². The molecule has 1 aromatic rings. The first-order chi connectivity index (χ1) is 11.7. The summed E-state index contributed by atoms with van der Waals surface area (Å²) in [5, 5.41) is 5.29. The predicted molar refractivity (Wildman–Crippen MR) is 92.2 cm³/mol. The monoisotopic (exact) mass is 335 g/mol. The van der Waals surface area contributed by atoms with Crippen molar-refractivity contribution < 1.29 is 19.1 Å². The fourth-order valence-corrected chi connectivity index (χ4v) is 2.44. The summed E-state index contributed by atoms with van der Waals surface area (Å²) in [6, 6.07) is 7.47. The van der Waals surface area contributed by atoms with Crippen LogP contribution in [0.15, 0.2) is 24.3 Å². The molecule has 132 valence electrons. The highest BCUT2D eigenvalue weighted by Gasteiger charge is 2.18. The molecule has 1 aliphatic rings. The van der Waals surface area contributed by atoms with Crippen molar-refractivity contribution in [1.82, 2.24) is 5.32 Å². The van der Waals surface area contributed by atoms with Gasteiger partial charge in [0, 0.05) is 32.8 Å². The third kappa shape index (κ3) is 5.50. The number of benzene rings is 1. The van der Waals surface area contributed by atoms with Gasteiger partial charge in [-0.3, -0.25) is 9.59 Å². The fourth-order valence-electron chi connectivity index (χ4n) is 2.44. The molecule has 0 radical (unpaired) electrons. The molecule has 0 aromatic heterocycles. The molecular formula is C17H25N3O4. The van der Waals surface area contributed by atoms with Gasteiger partial charge in [-0.15, -0.1) is 0 Å². The predicted octanol–water partition coefficient (Wildman–Crippen LogP) is 1.00. The minimum absolute atomic E-state index is 0.414. The highest BCUT2D eigenvalue weighted by molar-refractivity contribution is 6.39. The van der Waals surface area contributed by atoms with E-state index in [1.807, 2.05) is 25.1 Å². The van der Waals surface area contributed by atoms with Gasteiger partial charge in [-0.25, -0.2) is 0 Å². The Bertz CT molecular complexity index is 544. The molecule has 0 bridgehead atoms. The summed E-state index contributed by atoms with van der Waals surface area (Å²) in [5.74, 6) is -1.30. The van der Waals surface area contributed by atoms with Gasteiger partial charge < -0.3 is 25.0 Å². The van der Waals surface area contributed by atoms with Crippen molar-refractivity contribution in [2.75, 3.05) is 56.3 Å². The summed E-state index contributed by atoms with van der Waals surface area (Å²) >= 11 is 0. The van der Waals surface area contributed by atoms with Gasteiger partial charge in [0.15, 0.2) is 0 Å². The Labute approximate surface area is 142 Å². The molecule has 0 aliphatic carbocycles. The zero-order valence-corrected chi connectivity index (χ0v) is 14.0. The van der Waals surface area contributed by atoms with Crippen LogP contribution in [0.2, 0.25) is 0 Å².